The van der Waals surface area contributed by atoms with Crippen LogP contribution in [-0.2, 0) is 21.6 Å². The van der Waals surface area contributed by atoms with Crippen LogP contribution in [0.15, 0.2) is 41.3 Å². The lowest BCUT2D eigenvalue weighted by Crippen LogP contribution is -2.48. The van der Waals surface area contributed by atoms with E-state index < -0.39 is 9.84 Å². The summed E-state index contributed by atoms with van der Waals surface area (Å²) in [5.74, 6) is 0.643. The number of nitrogens with zero attached hydrogens (tertiary/aromatic N) is 4. The largest absolute Gasteiger partial charge is 0.383 e. The van der Waals surface area contributed by atoms with Gasteiger partial charge in [-0.05, 0) is 93.7 Å². The normalized spacial score (nSPS) is 19.1. The lowest BCUT2D eigenvalue weighted by Gasteiger charge is -2.42. The van der Waals surface area contributed by atoms with E-state index in [0.717, 1.165) is 63.3 Å². The zero-order valence-electron chi connectivity index (χ0n) is 22.0. The van der Waals surface area contributed by atoms with Crippen molar-refractivity contribution in [3.8, 4) is 11.4 Å². The predicted molar refractivity (Wildman–Crippen MR) is 144 cm³/mol. The van der Waals surface area contributed by atoms with Gasteiger partial charge in [-0.2, -0.15) is 0 Å². The first-order valence-corrected chi connectivity index (χ1v) is 15.1. The molecule has 0 bridgehead atoms. The molecular weight excluding hydrogens is 491 g/mol. The number of halogens is 1. The summed E-state index contributed by atoms with van der Waals surface area (Å²) in [6.45, 7) is 6.06. The Kier molecular flexibility index (Phi) is 7.68. The van der Waals surface area contributed by atoms with Crippen molar-refractivity contribution >= 4 is 20.9 Å². The minimum Gasteiger partial charge on any atom is -0.383 e. The molecule has 3 heterocycles. The second kappa shape index (κ2) is 10.8. The number of benzene rings is 2. The quantitative estimate of drug-likeness (QED) is 0.461. The molecule has 7 nitrogen and oxygen atoms in total. The molecule has 0 spiro atoms. The van der Waals surface area contributed by atoms with E-state index in [1.54, 1.807) is 35.9 Å². The Hall–Kier alpha value is -2.33. The summed E-state index contributed by atoms with van der Waals surface area (Å²) < 4.78 is 46.5. The number of methoxy groups -OCH3 is 1. The van der Waals surface area contributed by atoms with E-state index in [-0.39, 0.29) is 16.6 Å². The van der Waals surface area contributed by atoms with Crippen LogP contribution in [0.5, 0.6) is 0 Å². The fourth-order valence-electron chi connectivity index (χ4n) is 6.00. The minimum absolute atomic E-state index is 0.184. The summed E-state index contributed by atoms with van der Waals surface area (Å²) >= 11 is 0. The average molecular weight is 529 g/mol. The molecule has 2 aliphatic rings. The summed E-state index contributed by atoms with van der Waals surface area (Å²) in [6, 6.07) is 11.1. The molecule has 9 heteroatoms. The smallest absolute Gasteiger partial charge is 0.175 e. The number of ether oxygens (including phenoxy) is 1. The molecule has 2 fully saturated rings. The Balaban J connectivity index is 1.28. The van der Waals surface area contributed by atoms with Gasteiger partial charge in [0.05, 0.1) is 17.0 Å². The molecule has 2 aromatic carbocycles. The Labute approximate surface area is 219 Å². The zero-order chi connectivity index (χ0) is 26.2. The van der Waals surface area contributed by atoms with E-state index in [9.17, 15) is 8.42 Å². The number of aromatic nitrogens is 2. The zero-order valence-corrected chi connectivity index (χ0v) is 22.8. The predicted octanol–water partition coefficient (Wildman–Crippen LogP) is 4.07. The molecule has 0 atom stereocenters. The highest BCUT2D eigenvalue weighted by atomic mass is 32.2. The molecule has 2 saturated heterocycles. The highest BCUT2D eigenvalue weighted by Crippen LogP contribution is 2.35. The van der Waals surface area contributed by atoms with Gasteiger partial charge < -0.3 is 19.1 Å². The van der Waals surface area contributed by atoms with Crippen LogP contribution in [0, 0.1) is 5.82 Å². The molecule has 200 valence electrons. The molecule has 0 radical (unpaired) electrons. The SMILES string of the molecule is COCCN1CCC(N2CCC(c3ccc4nc(-c5ccc(S(C)(=O)=O)cc5)n(C)c4c3F)CC2)CC1. The van der Waals surface area contributed by atoms with Crippen LogP contribution in [0.25, 0.3) is 22.4 Å². The van der Waals surface area contributed by atoms with E-state index in [4.69, 9.17) is 4.74 Å². The molecule has 0 saturated carbocycles. The van der Waals surface area contributed by atoms with Crippen LogP contribution in [0.3, 0.4) is 0 Å². The lowest BCUT2D eigenvalue weighted by molar-refractivity contribution is 0.0726. The Morgan fingerprint density at radius 1 is 1.00 bits per heavy atom. The first kappa shape index (κ1) is 26.3. The summed E-state index contributed by atoms with van der Waals surface area (Å²) in [6.07, 6.45) is 5.49. The van der Waals surface area contributed by atoms with Crippen LogP contribution in [0.4, 0.5) is 4.39 Å². The third-order valence-corrected chi connectivity index (χ3v) is 9.33. The third-order valence-electron chi connectivity index (χ3n) is 8.20. The number of fused-ring (bicyclic) bond motifs is 1. The van der Waals surface area contributed by atoms with Gasteiger partial charge in [0.2, 0.25) is 0 Å². The third kappa shape index (κ3) is 5.46. The number of imidazole rings is 1. The van der Waals surface area contributed by atoms with Crippen LogP contribution in [-0.4, -0.2) is 86.5 Å². The molecular formula is C28H37FN4O3S. The summed E-state index contributed by atoms with van der Waals surface area (Å²) in [7, 11) is 0.303. The maximum atomic E-state index is 15.9. The number of likely N-dealkylation sites (tertiary alicyclic amines) is 2. The first-order valence-electron chi connectivity index (χ1n) is 13.2. The van der Waals surface area contributed by atoms with Gasteiger partial charge in [-0.25, -0.2) is 17.8 Å². The number of rotatable bonds is 7. The van der Waals surface area contributed by atoms with E-state index in [1.807, 2.05) is 19.2 Å². The van der Waals surface area contributed by atoms with Gasteiger partial charge >= 0.3 is 0 Å². The molecule has 0 amide bonds. The standard InChI is InChI=1S/C28H37FN4O3S/c1-31-27-25(30-28(31)21-4-6-23(7-5-21)37(3,34)35)9-8-24(26(27)29)20-10-16-33(17-11-20)22-12-14-32(15-13-22)18-19-36-2/h4-9,20,22H,10-19H2,1-3H3. The van der Waals surface area contributed by atoms with Crippen molar-refractivity contribution < 1.29 is 17.5 Å². The van der Waals surface area contributed by atoms with Gasteiger partial charge in [-0.1, -0.05) is 6.07 Å². The van der Waals surface area contributed by atoms with Crippen LogP contribution in [0.2, 0.25) is 0 Å². The molecule has 0 unspecified atom stereocenters. The fraction of sp³-hybridized carbons (Fsp3) is 0.536. The molecule has 1 aromatic heterocycles. The van der Waals surface area contributed by atoms with Crippen molar-refractivity contribution in [3.63, 3.8) is 0 Å². The van der Waals surface area contributed by atoms with Crippen molar-refractivity contribution in [3.05, 3.63) is 47.8 Å². The van der Waals surface area contributed by atoms with Crippen molar-refractivity contribution in [1.29, 1.82) is 0 Å². The van der Waals surface area contributed by atoms with Crippen LogP contribution in [0.1, 0.15) is 37.2 Å². The summed E-state index contributed by atoms with van der Waals surface area (Å²) in [5.41, 5.74) is 2.66. The Morgan fingerprint density at radius 3 is 2.30 bits per heavy atom. The molecule has 2 aliphatic heterocycles. The second-order valence-corrected chi connectivity index (χ2v) is 12.5. The maximum Gasteiger partial charge on any atom is 0.175 e. The highest BCUT2D eigenvalue weighted by Gasteiger charge is 2.30. The van der Waals surface area contributed by atoms with Gasteiger partial charge in [0, 0.05) is 38.6 Å². The van der Waals surface area contributed by atoms with Gasteiger partial charge in [0.1, 0.15) is 11.3 Å². The highest BCUT2D eigenvalue weighted by molar-refractivity contribution is 7.90. The number of sulfone groups is 1. The summed E-state index contributed by atoms with van der Waals surface area (Å²) in [4.78, 5) is 10.0. The summed E-state index contributed by atoms with van der Waals surface area (Å²) in [5, 5.41) is 0. The second-order valence-electron chi connectivity index (χ2n) is 10.5. The van der Waals surface area contributed by atoms with Crippen molar-refractivity contribution in [2.45, 2.75) is 42.5 Å². The van der Waals surface area contributed by atoms with Crippen molar-refractivity contribution in [1.82, 2.24) is 19.4 Å². The fourth-order valence-corrected chi connectivity index (χ4v) is 6.63. The number of piperidine rings is 2. The van der Waals surface area contributed by atoms with Crippen molar-refractivity contribution in [2.24, 2.45) is 7.05 Å². The number of aryl methyl sites for hydroxylation is 1. The number of hydrogen-bond acceptors (Lipinski definition) is 6. The minimum atomic E-state index is -3.28. The maximum absolute atomic E-state index is 15.9. The molecule has 3 aromatic rings. The van der Waals surface area contributed by atoms with Crippen LogP contribution >= 0.6 is 0 Å². The van der Waals surface area contributed by atoms with E-state index >= 15 is 4.39 Å². The van der Waals surface area contributed by atoms with E-state index in [2.05, 4.69) is 14.8 Å². The molecule has 37 heavy (non-hydrogen) atoms. The van der Waals surface area contributed by atoms with E-state index in [1.165, 1.54) is 19.1 Å². The van der Waals surface area contributed by atoms with Gasteiger partial charge in [0.15, 0.2) is 15.7 Å². The first-order chi connectivity index (χ1) is 17.8. The van der Waals surface area contributed by atoms with Gasteiger partial charge in [-0.15, -0.1) is 0 Å². The van der Waals surface area contributed by atoms with Gasteiger partial charge in [-0.3, -0.25) is 0 Å². The molecule has 5 rings (SSSR count). The van der Waals surface area contributed by atoms with Crippen molar-refractivity contribution in [2.75, 3.05) is 52.7 Å². The number of hydrogen-bond donors (Lipinski definition) is 0. The van der Waals surface area contributed by atoms with E-state index in [0.29, 0.717) is 22.9 Å². The average Bonchev–Trinajstić information content (AvgIpc) is 3.25. The topological polar surface area (TPSA) is 67.7 Å². The van der Waals surface area contributed by atoms with Gasteiger partial charge in [0.25, 0.3) is 0 Å². The Bertz CT molecular complexity index is 1340. The molecule has 0 aliphatic carbocycles. The monoisotopic (exact) mass is 528 g/mol. The Morgan fingerprint density at radius 2 is 1.68 bits per heavy atom. The molecule has 0 N–H and O–H groups in total. The lowest BCUT2D eigenvalue weighted by atomic mass is 9.87. The van der Waals surface area contributed by atoms with Crippen LogP contribution < -0.4 is 0 Å².